The molecule has 1 saturated heterocycles. The quantitative estimate of drug-likeness (QED) is 0.919. The van der Waals surface area contributed by atoms with Crippen LogP contribution in [0.1, 0.15) is 36.5 Å². The molecule has 0 spiro atoms. The van der Waals surface area contributed by atoms with Crippen molar-refractivity contribution in [3.8, 4) is 0 Å². The lowest BCUT2D eigenvalue weighted by Gasteiger charge is -2.39. The Labute approximate surface area is 133 Å². The second-order valence-corrected chi connectivity index (χ2v) is 6.16. The zero-order valence-electron chi connectivity index (χ0n) is 11.7. The van der Waals surface area contributed by atoms with Crippen LogP contribution < -0.4 is 0 Å². The second kappa shape index (κ2) is 6.24. The Kier molecular flexibility index (Phi) is 4.79. The SMILES string of the molecule is CCC1(C(=O)O)CCCN(C(=O)c2cccc(Cl)c2Cl)C1. The zero-order chi connectivity index (χ0) is 15.6. The third-order valence-corrected chi connectivity index (χ3v) is 5.00. The number of hydrogen-bond acceptors (Lipinski definition) is 2. The van der Waals surface area contributed by atoms with Gasteiger partial charge < -0.3 is 10.0 Å². The van der Waals surface area contributed by atoms with Crippen LogP contribution in [-0.2, 0) is 4.79 Å². The van der Waals surface area contributed by atoms with Gasteiger partial charge in [-0.15, -0.1) is 0 Å². The van der Waals surface area contributed by atoms with Gasteiger partial charge in [-0.25, -0.2) is 0 Å². The number of carboxylic acid groups (broad SMARTS) is 1. The number of hydrogen-bond donors (Lipinski definition) is 1. The summed E-state index contributed by atoms with van der Waals surface area (Å²) in [4.78, 5) is 25.7. The first-order valence-corrected chi connectivity index (χ1v) is 7.63. The van der Waals surface area contributed by atoms with Crippen molar-refractivity contribution in [3.05, 3.63) is 33.8 Å². The largest absolute Gasteiger partial charge is 0.481 e. The number of carbonyl (C=O) groups excluding carboxylic acids is 1. The third kappa shape index (κ3) is 3.01. The number of carbonyl (C=O) groups is 2. The van der Waals surface area contributed by atoms with E-state index < -0.39 is 11.4 Å². The van der Waals surface area contributed by atoms with E-state index in [1.54, 1.807) is 23.1 Å². The van der Waals surface area contributed by atoms with Crippen molar-refractivity contribution in [1.82, 2.24) is 4.90 Å². The second-order valence-electron chi connectivity index (χ2n) is 5.37. The smallest absolute Gasteiger partial charge is 0.311 e. The Morgan fingerprint density at radius 3 is 2.71 bits per heavy atom. The Morgan fingerprint density at radius 1 is 1.38 bits per heavy atom. The van der Waals surface area contributed by atoms with E-state index in [-0.39, 0.29) is 17.5 Å². The molecule has 6 heteroatoms. The highest BCUT2D eigenvalue weighted by molar-refractivity contribution is 6.43. The summed E-state index contributed by atoms with van der Waals surface area (Å²) in [7, 11) is 0. The molecule has 1 amide bonds. The lowest BCUT2D eigenvalue weighted by molar-refractivity contribution is -0.152. The van der Waals surface area contributed by atoms with Gasteiger partial charge in [-0.3, -0.25) is 9.59 Å². The van der Waals surface area contributed by atoms with E-state index in [0.29, 0.717) is 36.4 Å². The van der Waals surface area contributed by atoms with Crippen molar-refractivity contribution in [2.75, 3.05) is 13.1 Å². The van der Waals surface area contributed by atoms with E-state index in [9.17, 15) is 14.7 Å². The summed E-state index contributed by atoms with van der Waals surface area (Å²) < 4.78 is 0. The number of carboxylic acids is 1. The van der Waals surface area contributed by atoms with E-state index in [1.807, 2.05) is 6.92 Å². The van der Waals surface area contributed by atoms with E-state index in [1.165, 1.54) is 0 Å². The molecule has 1 fully saturated rings. The van der Waals surface area contributed by atoms with Crippen LogP contribution in [0.5, 0.6) is 0 Å². The molecule has 0 radical (unpaired) electrons. The maximum absolute atomic E-state index is 12.6. The minimum absolute atomic E-state index is 0.209. The molecule has 1 aliphatic heterocycles. The Hall–Kier alpha value is -1.26. The normalized spacial score (nSPS) is 22.1. The fourth-order valence-electron chi connectivity index (χ4n) is 2.76. The summed E-state index contributed by atoms with van der Waals surface area (Å²) >= 11 is 12.0. The molecule has 1 aromatic rings. The molecular formula is C15H17Cl2NO3. The van der Waals surface area contributed by atoms with Gasteiger partial charge in [0.15, 0.2) is 0 Å². The van der Waals surface area contributed by atoms with Crippen LogP contribution in [0.15, 0.2) is 18.2 Å². The predicted molar refractivity (Wildman–Crippen MR) is 82.0 cm³/mol. The molecule has 1 N–H and O–H groups in total. The molecule has 0 aliphatic carbocycles. The van der Waals surface area contributed by atoms with Gasteiger partial charge in [-0.2, -0.15) is 0 Å². The highest BCUT2D eigenvalue weighted by Crippen LogP contribution is 2.35. The Morgan fingerprint density at radius 2 is 2.10 bits per heavy atom. The predicted octanol–water partition coefficient (Wildman–Crippen LogP) is 3.71. The van der Waals surface area contributed by atoms with Crippen LogP contribution in [0.25, 0.3) is 0 Å². The number of amides is 1. The van der Waals surface area contributed by atoms with Crippen molar-refractivity contribution in [2.45, 2.75) is 26.2 Å². The summed E-state index contributed by atoms with van der Waals surface area (Å²) in [6.45, 7) is 2.59. The Bertz CT molecular complexity index is 576. The van der Waals surface area contributed by atoms with Gasteiger partial charge in [-0.1, -0.05) is 36.2 Å². The van der Waals surface area contributed by atoms with Crippen LogP contribution in [0.3, 0.4) is 0 Å². The average molecular weight is 330 g/mol. The first kappa shape index (κ1) is 16.1. The highest BCUT2D eigenvalue weighted by Gasteiger charge is 2.42. The van der Waals surface area contributed by atoms with Gasteiger partial charge in [0.1, 0.15) is 0 Å². The maximum Gasteiger partial charge on any atom is 0.311 e. The summed E-state index contributed by atoms with van der Waals surface area (Å²) in [5, 5.41) is 10.0. The average Bonchev–Trinajstić information content (AvgIpc) is 2.49. The number of rotatable bonds is 3. The molecule has 0 bridgehead atoms. The summed E-state index contributed by atoms with van der Waals surface area (Å²) in [6.07, 6.45) is 1.76. The fourth-order valence-corrected chi connectivity index (χ4v) is 3.14. The molecule has 0 saturated carbocycles. The van der Waals surface area contributed by atoms with Crippen LogP contribution in [0, 0.1) is 5.41 Å². The number of halogens is 2. The number of piperidine rings is 1. The van der Waals surface area contributed by atoms with Crippen LogP contribution >= 0.6 is 23.2 Å². The van der Waals surface area contributed by atoms with E-state index in [4.69, 9.17) is 23.2 Å². The van der Waals surface area contributed by atoms with Gasteiger partial charge in [0.25, 0.3) is 5.91 Å². The van der Waals surface area contributed by atoms with E-state index in [0.717, 1.165) is 0 Å². The minimum atomic E-state index is -0.862. The maximum atomic E-state index is 12.6. The molecule has 4 nitrogen and oxygen atoms in total. The number of likely N-dealkylation sites (tertiary alicyclic amines) is 1. The molecule has 1 unspecified atom stereocenters. The highest BCUT2D eigenvalue weighted by atomic mass is 35.5. The van der Waals surface area contributed by atoms with Crippen molar-refractivity contribution < 1.29 is 14.7 Å². The van der Waals surface area contributed by atoms with E-state index in [2.05, 4.69) is 0 Å². The molecule has 1 heterocycles. The lowest BCUT2D eigenvalue weighted by atomic mass is 9.77. The zero-order valence-corrected chi connectivity index (χ0v) is 13.2. The summed E-state index contributed by atoms with van der Waals surface area (Å²) in [6, 6.07) is 4.89. The molecule has 114 valence electrons. The van der Waals surface area contributed by atoms with Gasteiger partial charge in [0, 0.05) is 13.1 Å². The van der Waals surface area contributed by atoms with Crippen molar-refractivity contribution in [1.29, 1.82) is 0 Å². The molecule has 0 aromatic heterocycles. The molecule has 1 aliphatic rings. The van der Waals surface area contributed by atoms with Gasteiger partial charge in [0.2, 0.25) is 0 Å². The number of nitrogens with zero attached hydrogens (tertiary/aromatic N) is 1. The first-order valence-electron chi connectivity index (χ1n) is 6.88. The molecular weight excluding hydrogens is 313 g/mol. The minimum Gasteiger partial charge on any atom is -0.481 e. The number of benzene rings is 1. The first-order chi connectivity index (χ1) is 9.91. The van der Waals surface area contributed by atoms with Crippen molar-refractivity contribution in [3.63, 3.8) is 0 Å². The van der Waals surface area contributed by atoms with Crippen LogP contribution in [-0.4, -0.2) is 35.0 Å². The summed E-state index contributed by atoms with van der Waals surface area (Å²) in [5.41, 5.74) is -0.541. The van der Waals surface area contributed by atoms with Crippen LogP contribution in [0.2, 0.25) is 10.0 Å². The molecule has 21 heavy (non-hydrogen) atoms. The van der Waals surface area contributed by atoms with Gasteiger partial charge >= 0.3 is 5.97 Å². The van der Waals surface area contributed by atoms with Crippen molar-refractivity contribution >= 4 is 35.1 Å². The molecule has 2 rings (SSSR count). The topological polar surface area (TPSA) is 57.6 Å². The third-order valence-electron chi connectivity index (χ3n) is 4.18. The monoisotopic (exact) mass is 329 g/mol. The van der Waals surface area contributed by atoms with Gasteiger partial charge in [-0.05, 0) is 31.4 Å². The summed E-state index contributed by atoms with van der Waals surface area (Å²) in [5.74, 6) is -1.11. The van der Waals surface area contributed by atoms with Gasteiger partial charge in [0.05, 0.1) is 21.0 Å². The van der Waals surface area contributed by atoms with Crippen LogP contribution in [0.4, 0.5) is 0 Å². The lowest BCUT2D eigenvalue weighted by Crippen LogP contribution is -2.49. The Balaban J connectivity index is 2.27. The number of aliphatic carboxylic acids is 1. The van der Waals surface area contributed by atoms with E-state index >= 15 is 0 Å². The molecule has 1 atom stereocenters. The molecule has 1 aromatic carbocycles. The standard InChI is InChI=1S/C15H17Cl2NO3/c1-2-15(14(20)21)7-4-8-18(9-15)13(19)10-5-3-6-11(16)12(10)17/h3,5-6H,2,4,7-9H2,1H3,(H,20,21). The van der Waals surface area contributed by atoms with Crippen molar-refractivity contribution in [2.24, 2.45) is 5.41 Å². The fraction of sp³-hybridized carbons (Fsp3) is 0.467.